The van der Waals surface area contributed by atoms with E-state index in [2.05, 4.69) is 6.07 Å². The van der Waals surface area contributed by atoms with Crippen molar-refractivity contribution in [1.29, 1.82) is 0 Å². The lowest BCUT2D eigenvalue weighted by Crippen LogP contribution is -2.44. The van der Waals surface area contributed by atoms with Gasteiger partial charge >= 0.3 is 5.97 Å². The van der Waals surface area contributed by atoms with Gasteiger partial charge < -0.3 is 14.7 Å². The molecular formula is C18H27ClN2O4. The molecule has 0 unspecified atom stereocenters. The number of carbonyl (C=O) groups excluding carboxylic acids is 1. The van der Waals surface area contributed by atoms with Gasteiger partial charge in [0.2, 0.25) is 5.91 Å². The van der Waals surface area contributed by atoms with E-state index in [0.717, 1.165) is 23.3 Å². The predicted molar refractivity (Wildman–Crippen MR) is 98.5 cm³/mol. The Morgan fingerprint density at radius 2 is 1.92 bits per heavy atom. The van der Waals surface area contributed by atoms with Gasteiger partial charge in [0.1, 0.15) is 18.4 Å². The van der Waals surface area contributed by atoms with Gasteiger partial charge in [-0.1, -0.05) is 6.07 Å². The molecule has 1 atom stereocenters. The fourth-order valence-corrected chi connectivity index (χ4v) is 3.03. The number of amides is 1. The number of benzene rings is 1. The summed E-state index contributed by atoms with van der Waals surface area (Å²) < 4.78 is 5.72. The van der Waals surface area contributed by atoms with Gasteiger partial charge in [0, 0.05) is 7.05 Å². The van der Waals surface area contributed by atoms with Gasteiger partial charge in [-0.2, -0.15) is 0 Å². The van der Waals surface area contributed by atoms with Crippen LogP contribution in [0.1, 0.15) is 24.0 Å². The number of carboxylic acids is 1. The number of likely N-dealkylation sites (N-methyl/N-ethyl adjacent to an activating group) is 1. The van der Waals surface area contributed by atoms with Crippen molar-refractivity contribution in [3.8, 4) is 5.75 Å². The number of carbonyl (C=O) groups is 2. The summed E-state index contributed by atoms with van der Waals surface area (Å²) >= 11 is 0. The molecule has 140 valence electrons. The van der Waals surface area contributed by atoms with Crippen LogP contribution < -0.4 is 4.74 Å². The Balaban J connectivity index is 0.00000312. The van der Waals surface area contributed by atoms with Crippen molar-refractivity contribution in [3.05, 3.63) is 29.3 Å². The molecule has 1 N–H and O–H groups in total. The normalized spacial score (nSPS) is 17.0. The first-order chi connectivity index (χ1) is 11.4. The van der Waals surface area contributed by atoms with Gasteiger partial charge in [0.05, 0.1) is 13.1 Å². The van der Waals surface area contributed by atoms with Gasteiger partial charge in [-0.25, -0.2) is 0 Å². The molecule has 0 radical (unpaired) electrons. The molecule has 0 aliphatic carbocycles. The number of aliphatic carboxylic acids is 1. The summed E-state index contributed by atoms with van der Waals surface area (Å²) in [6.45, 7) is 5.73. The molecule has 1 aromatic rings. The van der Waals surface area contributed by atoms with E-state index in [4.69, 9.17) is 9.84 Å². The molecule has 1 aromatic carbocycles. The number of rotatable bonds is 7. The van der Waals surface area contributed by atoms with E-state index in [-0.39, 0.29) is 24.9 Å². The molecule has 7 heteroatoms. The molecule has 1 aliphatic rings. The summed E-state index contributed by atoms with van der Waals surface area (Å²) in [7, 11) is 1.72. The van der Waals surface area contributed by atoms with Crippen molar-refractivity contribution < 1.29 is 19.4 Å². The minimum Gasteiger partial charge on any atom is -0.492 e. The third kappa shape index (κ3) is 6.21. The lowest BCUT2D eigenvalue weighted by Gasteiger charge is -2.24. The maximum absolute atomic E-state index is 12.3. The third-order valence-corrected chi connectivity index (χ3v) is 4.30. The number of hydrogen-bond donors (Lipinski definition) is 1. The molecule has 1 heterocycles. The lowest BCUT2D eigenvalue weighted by atomic mass is 10.1. The Morgan fingerprint density at radius 3 is 2.52 bits per heavy atom. The highest BCUT2D eigenvalue weighted by molar-refractivity contribution is 5.85. The molecule has 0 bridgehead atoms. The SMILES string of the molecule is Cc1cc(C)cc(OCCN(C)C(=O)CN2CCC[C@@H]2C(=O)O)c1.Cl. The Hall–Kier alpha value is -1.79. The van der Waals surface area contributed by atoms with Crippen molar-refractivity contribution in [1.82, 2.24) is 9.80 Å². The van der Waals surface area contributed by atoms with Crippen molar-refractivity contribution in [2.24, 2.45) is 0 Å². The fourth-order valence-electron chi connectivity index (χ4n) is 3.03. The van der Waals surface area contributed by atoms with E-state index < -0.39 is 12.0 Å². The molecule has 2 rings (SSSR count). The van der Waals surface area contributed by atoms with Gasteiger partial charge in [-0.05, 0) is 56.5 Å². The second-order valence-corrected chi connectivity index (χ2v) is 6.45. The van der Waals surface area contributed by atoms with Crippen LogP contribution in [0, 0.1) is 13.8 Å². The topological polar surface area (TPSA) is 70.1 Å². The first kappa shape index (κ1) is 21.3. The minimum absolute atomic E-state index is 0. The van der Waals surface area contributed by atoms with Gasteiger partial charge in [0.25, 0.3) is 0 Å². The van der Waals surface area contributed by atoms with Crippen molar-refractivity contribution in [2.45, 2.75) is 32.7 Å². The molecular weight excluding hydrogens is 344 g/mol. The maximum Gasteiger partial charge on any atom is 0.320 e. The summed E-state index contributed by atoms with van der Waals surface area (Å²) in [5, 5.41) is 9.16. The van der Waals surface area contributed by atoms with Crippen LogP contribution in [0.4, 0.5) is 0 Å². The highest BCUT2D eigenvalue weighted by Crippen LogP contribution is 2.18. The largest absolute Gasteiger partial charge is 0.492 e. The summed E-state index contributed by atoms with van der Waals surface area (Å²) in [5.41, 5.74) is 2.28. The van der Waals surface area contributed by atoms with Crippen LogP contribution in [0.15, 0.2) is 18.2 Å². The van der Waals surface area contributed by atoms with Gasteiger partial charge in [-0.15, -0.1) is 12.4 Å². The van der Waals surface area contributed by atoms with E-state index in [1.807, 2.05) is 26.0 Å². The molecule has 25 heavy (non-hydrogen) atoms. The molecule has 1 saturated heterocycles. The summed E-state index contributed by atoms with van der Waals surface area (Å²) in [5.74, 6) is -0.118. The Bertz CT molecular complexity index is 588. The number of ether oxygens (including phenoxy) is 1. The Labute approximate surface area is 155 Å². The zero-order chi connectivity index (χ0) is 17.7. The number of carboxylic acid groups (broad SMARTS) is 1. The molecule has 0 saturated carbocycles. The van der Waals surface area contributed by atoms with Crippen molar-refractivity contribution >= 4 is 24.3 Å². The number of nitrogens with zero attached hydrogens (tertiary/aromatic N) is 2. The smallest absolute Gasteiger partial charge is 0.320 e. The molecule has 1 fully saturated rings. The van der Waals surface area contributed by atoms with Crippen LogP contribution in [-0.4, -0.2) is 66.1 Å². The van der Waals surface area contributed by atoms with E-state index in [9.17, 15) is 9.59 Å². The molecule has 6 nitrogen and oxygen atoms in total. The van der Waals surface area contributed by atoms with E-state index in [0.29, 0.717) is 26.1 Å². The van der Waals surface area contributed by atoms with Crippen LogP contribution >= 0.6 is 12.4 Å². The number of likely N-dealkylation sites (tertiary alicyclic amines) is 1. The highest BCUT2D eigenvalue weighted by Gasteiger charge is 2.32. The summed E-state index contributed by atoms with van der Waals surface area (Å²) in [6, 6.07) is 5.48. The first-order valence-corrected chi connectivity index (χ1v) is 8.28. The zero-order valence-corrected chi connectivity index (χ0v) is 15.8. The van der Waals surface area contributed by atoms with E-state index >= 15 is 0 Å². The quantitative estimate of drug-likeness (QED) is 0.796. The van der Waals surface area contributed by atoms with E-state index in [1.54, 1.807) is 16.8 Å². The van der Waals surface area contributed by atoms with Crippen LogP contribution in [0.25, 0.3) is 0 Å². The monoisotopic (exact) mass is 370 g/mol. The van der Waals surface area contributed by atoms with Crippen LogP contribution in [0.5, 0.6) is 5.75 Å². The molecule has 1 aliphatic heterocycles. The van der Waals surface area contributed by atoms with Gasteiger partial charge in [-0.3, -0.25) is 14.5 Å². The average Bonchev–Trinajstić information content (AvgIpc) is 2.94. The molecule has 0 aromatic heterocycles. The average molecular weight is 371 g/mol. The lowest BCUT2D eigenvalue weighted by molar-refractivity contribution is -0.143. The van der Waals surface area contributed by atoms with Crippen LogP contribution in [-0.2, 0) is 9.59 Å². The Morgan fingerprint density at radius 1 is 1.28 bits per heavy atom. The highest BCUT2D eigenvalue weighted by atomic mass is 35.5. The Kier molecular flexibility index (Phi) is 8.19. The summed E-state index contributed by atoms with van der Waals surface area (Å²) in [6.07, 6.45) is 1.44. The molecule has 0 spiro atoms. The maximum atomic E-state index is 12.3. The van der Waals surface area contributed by atoms with Crippen molar-refractivity contribution in [3.63, 3.8) is 0 Å². The van der Waals surface area contributed by atoms with E-state index in [1.165, 1.54) is 0 Å². The first-order valence-electron chi connectivity index (χ1n) is 8.28. The number of hydrogen-bond acceptors (Lipinski definition) is 4. The fraction of sp³-hybridized carbons (Fsp3) is 0.556. The van der Waals surface area contributed by atoms with Crippen LogP contribution in [0.3, 0.4) is 0 Å². The minimum atomic E-state index is -0.846. The molecule has 1 amide bonds. The number of aryl methyl sites for hydroxylation is 2. The van der Waals surface area contributed by atoms with Crippen LogP contribution in [0.2, 0.25) is 0 Å². The second-order valence-electron chi connectivity index (χ2n) is 6.45. The van der Waals surface area contributed by atoms with Gasteiger partial charge in [0.15, 0.2) is 0 Å². The van der Waals surface area contributed by atoms with Crippen molar-refractivity contribution in [2.75, 3.05) is 33.3 Å². The summed E-state index contributed by atoms with van der Waals surface area (Å²) in [4.78, 5) is 26.8. The predicted octanol–water partition coefficient (Wildman–Crippen LogP) is 2.11. The zero-order valence-electron chi connectivity index (χ0n) is 15.0. The standard InChI is InChI=1S/C18H26N2O4.ClH/c1-13-9-14(2)11-15(10-13)24-8-7-19(3)17(21)12-20-6-4-5-16(20)18(22)23;/h9-11,16H,4-8,12H2,1-3H3,(H,22,23);1H/t16-;/m1./s1. The second kappa shape index (κ2) is 9.63. The third-order valence-electron chi connectivity index (χ3n) is 4.30. The number of halogens is 1.